The van der Waals surface area contributed by atoms with Gasteiger partial charge in [0, 0.05) is 13.0 Å². The zero-order valence-corrected chi connectivity index (χ0v) is 8.79. The van der Waals surface area contributed by atoms with Crippen LogP contribution in [0.1, 0.15) is 33.6 Å². The van der Waals surface area contributed by atoms with Gasteiger partial charge in [-0.25, -0.2) is 0 Å². The molecule has 0 spiro atoms. The predicted molar refractivity (Wildman–Crippen MR) is 54.3 cm³/mol. The fourth-order valence-corrected chi connectivity index (χ4v) is 1.34. The minimum Gasteiger partial charge on any atom is -0.390 e. The quantitative estimate of drug-likeness (QED) is 0.638. The molecule has 0 aromatic heterocycles. The molecule has 2 atom stereocenters. The Kier molecular flexibility index (Phi) is 6.66. The van der Waals surface area contributed by atoms with E-state index in [0.717, 1.165) is 0 Å². The molecule has 0 aliphatic rings. The van der Waals surface area contributed by atoms with Gasteiger partial charge in [-0.3, -0.25) is 0 Å². The van der Waals surface area contributed by atoms with Crippen molar-refractivity contribution in [3.05, 3.63) is 0 Å². The lowest BCUT2D eigenvalue weighted by atomic mass is 9.98. The molecule has 0 amide bonds. The Morgan fingerprint density at radius 1 is 1.46 bits per heavy atom. The van der Waals surface area contributed by atoms with Crippen LogP contribution in [0.4, 0.5) is 0 Å². The summed E-state index contributed by atoms with van der Waals surface area (Å²) in [6.45, 7) is 6.65. The van der Waals surface area contributed by atoms with Crippen LogP contribution in [0.25, 0.3) is 0 Å². The summed E-state index contributed by atoms with van der Waals surface area (Å²) in [4.78, 5) is 0. The van der Waals surface area contributed by atoms with Crippen molar-refractivity contribution in [1.82, 2.24) is 0 Å². The van der Waals surface area contributed by atoms with Crippen LogP contribution in [0.15, 0.2) is 0 Å². The second kappa shape index (κ2) is 6.94. The molecular formula is C11H20O2. The van der Waals surface area contributed by atoms with Gasteiger partial charge in [0.2, 0.25) is 0 Å². The summed E-state index contributed by atoms with van der Waals surface area (Å²) in [5.41, 5.74) is 0. The Labute approximate surface area is 81.3 Å². The van der Waals surface area contributed by atoms with Crippen LogP contribution in [0.5, 0.6) is 0 Å². The number of hydrogen-bond acceptors (Lipinski definition) is 2. The predicted octanol–water partition coefficient (Wildman–Crippen LogP) is 1.82. The van der Waals surface area contributed by atoms with Crippen LogP contribution in [0.2, 0.25) is 0 Å². The van der Waals surface area contributed by atoms with Crippen LogP contribution in [0, 0.1) is 18.3 Å². The van der Waals surface area contributed by atoms with E-state index in [1.807, 2.05) is 20.8 Å². The summed E-state index contributed by atoms with van der Waals surface area (Å²) in [6, 6.07) is 0. The molecular weight excluding hydrogens is 164 g/mol. The van der Waals surface area contributed by atoms with E-state index in [1.165, 1.54) is 0 Å². The molecule has 0 aliphatic carbocycles. The fraction of sp³-hybridized carbons (Fsp3) is 0.818. The molecule has 13 heavy (non-hydrogen) atoms. The molecule has 2 unspecified atom stereocenters. The van der Waals surface area contributed by atoms with Crippen LogP contribution >= 0.6 is 0 Å². The van der Waals surface area contributed by atoms with E-state index in [4.69, 9.17) is 11.2 Å². The molecule has 0 aromatic carbocycles. The van der Waals surface area contributed by atoms with Crippen LogP contribution < -0.4 is 0 Å². The monoisotopic (exact) mass is 184 g/mol. The van der Waals surface area contributed by atoms with Gasteiger partial charge in [0.1, 0.15) is 0 Å². The van der Waals surface area contributed by atoms with E-state index in [9.17, 15) is 5.11 Å². The van der Waals surface area contributed by atoms with Crippen molar-refractivity contribution in [1.29, 1.82) is 0 Å². The maximum Gasteiger partial charge on any atom is 0.0856 e. The molecule has 0 aliphatic heterocycles. The van der Waals surface area contributed by atoms with Crippen molar-refractivity contribution >= 4 is 0 Å². The molecule has 1 N–H and O–H groups in total. The first-order valence-corrected chi connectivity index (χ1v) is 4.86. The highest BCUT2D eigenvalue weighted by Crippen LogP contribution is 2.14. The lowest BCUT2D eigenvalue weighted by Crippen LogP contribution is -2.33. The summed E-state index contributed by atoms with van der Waals surface area (Å²) in [7, 11) is 0. The Balaban J connectivity index is 3.96. The fourth-order valence-electron chi connectivity index (χ4n) is 1.34. The molecule has 0 bridgehead atoms. The topological polar surface area (TPSA) is 29.5 Å². The van der Waals surface area contributed by atoms with Gasteiger partial charge in [0.15, 0.2) is 0 Å². The smallest absolute Gasteiger partial charge is 0.0856 e. The first-order valence-electron chi connectivity index (χ1n) is 4.86. The first-order chi connectivity index (χ1) is 6.13. The van der Waals surface area contributed by atoms with Crippen molar-refractivity contribution in [3.8, 4) is 12.3 Å². The summed E-state index contributed by atoms with van der Waals surface area (Å²) in [5, 5.41) is 9.72. The Bertz CT molecular complexity index is 158. The lowest BCUT2D eigenvalue weighted by molar-refractivity contribution is -0.0589. The van der Waals surface area contributed by atoms with Gasteiger partial charge >= 0.3 is 0 Å². The Morgan fingerprint density at radius 2 is 2.08 bits per heavy atom. The Hall–Kier alpha value is -0.520. The second-order valence-electron chi connectivity index (χ2n) is 3.47. The van der Waals surface area contributed by atoms with Gasteiger partial charge in [-0.2, -0.15) is 0 Å². The number of terminal acetylenes is 1. The number of aliphatic hydroxyl groups is 1. The van der Waals surface area contributed by atoms with Gasteiger partial charge < -0.3 is 9.84 Å². The van der Waals surface area contributed by atoms with Gasteiger partial charge in [0.25, 0.3) is 0 Å². The molecule has 0 radical (unpaired) electrons. The van der Waals surface area contributed by atoms with Crippen LogP contribution in [-0.2, 0) is 4.74 Å². The number of hydrogen-bond donors (Lipinski definition) is 1. The molecule has 2 nitrogen and oxygen atoms in total. The van der Waals surface area contributed by atoms with Gasteiger partial charge in [-0.1, -0.05) is 13.8 Å². The first kappa shape index (κ1) is 12.5. The standard InChI is InChI=1S/C11H20O2/c1-5-7-8-10(12)11(9(3)4)13-6-2/h1,9-12H,6-8H2,2-4H3. The van der Waals surface area contributed by atoms with Gasteiger partial charge in [0.05, 0.1) is 12.2 Å². The molecule has 0 saturated heterocycles. The summed E-state index contributed by atoms with van der Waals surface area (Å²) < 4.78 is 5.44. The Morgan fingerprint density at radius 3 is 2.46 bits per heavy atom. The van der Waals surface area contributed by atoms with Crippen molar-refractivity contribution in [3.63, 3.8) is 0 Å². The third kappa shape index (κ3) is 4.92. The van der Waals surface area contributed by atoms with Crippen molar-refractivity contribution in [2.45, 2.75) is 45.8 Å². The average Bonchev–Trinajstić information content (AvgIpc) is 2.09. The largest absolute Gasteiger partial charge is 0.390 e. The van der Waals surface area contributed by atoms with Crippen molar-refractivity contribution in [2.75, 3.05) is 6.61 Å². The summed E-state index contributed by atoms with van der Waals surface area (Å²) in [5.74, 6) is 2.85. The average molecular weight is 184 g/mol. The van der Waals surface area contributed by atoms with Gasteiger partial charge in [-0.05, 0) is 19.3 Å². The highest BCUT2D eigenvalue weighted by molar-refractivity contribution is 4.86. The summed E-state index contributed by atoms with van der Waals surface area (Å²) >= 11 is 0. The summed E-state index contributed by atoms with van der Waals surface area (Å²) in [6.07, 6.45) is 5.84. The number of ether oxygens (including phenoxy) is 1. The molecule has 2 heteroatoms. The van der Waals surface area contributed by atoms with E-state index >= 15 is 0 Å². The van der Waals surface area contributed by atoms with E-state index in [-0.39, 0.29) is 6.10 Å². The highest BCUT2D eigenvalue weighted by atomic mass is 16.5. The molecule has 76 valence electrons. The van der Waals surface area contributed by atoms with E-state index in [0.29, 0.717) is 25.4 Å². The maximum atomic E-state index is 9.72. The second-order valence-corrected chi connectivity index (χ2v) is 3.47. The molecule has 0 heterocycles. The van der Waals surface area contributed by atoms with E-state index in [2.05, 4.69) is 5.92 Å². The number of rotatable bonds is 6. The van der Waals surface area contributed by atoms with Crippen molar-refractivity contribution in [2.24, 2.45) is 5.92 Å². The zero-order chi connectivity index (χ0) is 10.3. The molecule has 0 saturated carbocycles. The number of aliphatic hydroxyl groups excluding tert-OH is 1. The SMILES string of the molecule is C#CCCC(O)C(OCC)C(C)C. The lowest BCUT2D eigenvalue weighted by Gasteiger charge is -2.25. The minimum atomic E-state index is -0.434. The third-order valence-corrected chi connectivity index (χ3v) is 1.98. The van der Waals surface area contributed by atoms with Crippen molar-refractivity contribution < 1.29 is 9.84 Å². The molecule has 0 fully saturated rings. The van der Waals surface area contributed by atoms with E-state index < -0.39 is 6.10 Å². The third-order valence-electron chi connectivity index (χ3n) is 1.98. The highest BCUT2D eigenvalue weighted by Gasteiger charge is 2.21. The molecule has 0 rings (SSSR count). The molecule has 0 aromatic rings. The zero-order valence-electron chi connectivity index (χ0n) is 8.79. The normalized spacial score (nSPS) is 15.4. The minimum absolute atomic E-state index is 0.0849. The van der Waals surface area contributed by atoms with E-state index in [1.54, 1.807) is 0 Å². The van der Waals surface area contributed by atoms with Crippen LogP contribution in [-0.4, -0.2) is 23.9 Å². The van der Waals surface area contributed by atoms with Gasteiger partial charge in [-0.15, -0.1) is 12.3 Å². The van der Waals surface area contributed by atoms with Crippen LogP contribution in [0.3, 0.4) is 0 Å². The maximum absolute atomic E-state index is 9.72.